The molecule has 1 aromatic carbocycles. The molecule has 2 N–H and O–H groups in total. The fraction of sp³-hybridized carbons (Fsp3) is 0.467. The maximum absolute atomic E-state index is 12.8. The number of alkyl halides is 2. The lowest BCUT2D eigenvalue weighted by molar-refractivity contribution is 0.0951. The van der Waals surface area contributed by atoms with Gasteiger partial charge >= 0.3 is 0 Å². The molecule has 1 aliphatic heterocycles. The number of hydrogen-bond acceptors (Lipinski definition) is 6. The van der Waals surface area contributed by atoms with Crippen LogP contribution in [0.2, 0.25) is 0 Å². The molecule has 0 saturated carbocycles. The molecular formula is C15H17BF2N4O3S. The summed E-state index contributed by atoms with van der Waals surface area (Å²) in [4.78, 5) is 8.32. The summed E-state index contributed by atoms with van der Waals surface area (Å²) in [6.07, 6.45) is -0.734. The summed E-state index contributed by atoms with van der Waals surface area (Å²) in [5.41, 5.74) is 0.230. The zero-order valence-electron chi connectivity index (χ0n) is 13.9. The molecule has 2 aromatic rings. The number of hydrogen-bond donors (Lipinski definition) is 2. The average Bonchev–Trinajstić information content (AvgIpc) is 2.56. The van der Waals surface area contributed by atoms with Crippen LogP contribution in [0.15, 0.2) is 18.3 Å². The van der Waals surface area contributed by atoms with Crippen LogP contribution in [0.1, 0.15) is 18.4 Å². The smallest absolute Gasteiger partial charge is 0.263 e. The number of fused-ring (bicyclic) bond motifs is 1. The van der Waals surface area contributed by atoms with E-state index < -0.39 is 28.6 Å². The van der Waals surface area contributed by atoms with Gasteiger partial charge < -0.3 is 10.4 Å². The summed E-state index contributed by atoms with van der Waals surface area (Å²) in [5, 5.41) is 13.5. The number of β-amino-alcohol motifs (C(OH)–C–C–N with tert-alkyl or cyclic N) is 1. The minimum atomic E-state index is -3.36. The number of nitrogens with zero attached hydrogens (tertiary/aromatic N) is 3. The van der Waals surface area contributed by atoms with Gasteiger partial charge in [-0.3, -0.25) is 0 Å². The number of aliphatic hydroxyl groups is 1. The Bertz CT molecular complexity index is 928. The first-order valence-corrected chi connectivity index (χ1v) is 9.74. The highest BCUT2D eigenvalue weighted by molar-refractivity contribution is 7.88. The van der Waals surface area contributed by atoms with Crippen LogP contribution < -0.4 is 10.8 Å². The normalized spacial score (nSPS) is 22.0. The minimum Gasteiger partial charge on any atom is -0.390 e. The molecule has 1 aliphatic rings. The first-order chi connectivity index (χ1) is 12.1. The highest BCUT2D eigenvalue weighted by atomic mass is 32.2. The molecule has 2 radical (unpaired) electrons. The fourth-order valence-electron chi connectivity index (χ4n) is 2.93. The zero-order chi connectivity index (χ0) is 19.1. The molecule has 1 saturated heterocycles. The lowest BCUT2D eigenvalue weighted by Crippen LogP contribution is -2.51. The van der Waals surface area contributed by atoms with Crippen molar-refractivity contribution < 1.29 is 22.3 Å². The van der Waals surface area contributed by atoms with Gasteiger partial charge in [-0.1, -0.05) is 11.5 Å². The third-order valence-electron chi connectivity index (χ3n) is 4.31. The Hall–Kier alpha value is -1.85. The molecular weight excluding hydrogens is 365 g/mol. The predicted octanol–water partition coefficient (Wildman–Crippen LogP) is 0.168. The predicted molar refractivity (Wildman–Crippen MR) is 94.3 cm³/mol. The second-order valence-corrected chi connectivity index (χ2v) is 8.25. The number of halogens is 2. The van der Waals surface area contributed by atoms with E-state index in [-0.39, 0.29) is 30.1 Å². The summed E-state index contributed by atoms with van der Waals surface area (Å²) in [7, 11) is 2.45. The largest absolute Gasteiger partial charge is 0.390 e. The number of rotatable bonds is 4. The average molecular weight is 382 g/mol. The van der Waals surface area contributed by atoms with Gasteiger partial charge in [0.1, 0.15) is 7.85 Å². The van der Waals surface area contributed by atoms with Crippen molar-refractivity contribution in [1.82, 2.24) is 14.3 Å². The van der Waals surface area contributed by atoms with Crippen molar-refractivity contribution in [2.45, 2.75) is 25.0 Å². The number of anilines is 1. The number of benzene rings is 1. The maximum Gasteiger partial charge on any atom is 0.263 e. The van der Waals surface area contributed by atoms with E-state index in [1.165, 1.54) is 22.6 Å². The van der Waals surface area contributed by atoms with Gasteiger partial charge in [-0.05, 0) is 12.5 Å². The Morgan fingerprint density at radius 3 is 2.77 bits per heavy atom. The Balaban J connectivity index is 1.79. The van der Waals surface area contributed by atoms with Gasteiger partial charge in [0.15, 0.2) is 0 Å². The quantitative estimate of drug-likeness (QED) is 0.732. The monoisotopic (exact) mass is 382 g/mol. The van der Waals surface area contributed by atoms with Gasteiger partial charge in [0.25, 0.3) is 6.43 Å². The molecule has 11 heteroatoms. The van der Waals surface area contributed by atoms with Gasteiger partial charge in [0.05, 0.1) is 23.9 Å². The Labute approximate surface area is 150 Å². The lowest BCUT2D eigenvalue weighted by atomic mass is 9.91. The van der Waals surface area contributed by atoms with Crippen molar-refractivity contribution in [3.05, 3.63) is 23.9 Å². The summed E-state index contributed by atoms with van der Waals surface area (Å²) in [6, 6.07) is 2.01. The summed E-state index contributed by atoms with van der Waals surface area (Å²) >= 11 is 0. The molecule has 2 heterocycles. The van der Waals surface area contributed by atoms with E-state index in [1.54, 1.807) is 0 Å². The van der Waals surface area contributed by atoms with Gasteiger partial charge in [0, 0.05) is 30.2 Å². The van der Waals surface area contributed by atoms with Gasteiger partial charge in [-0.2, -0.15) is 4.31 Å². The van der Waals surface area contributed by atoms with Gasteiger partial charge in [0.2, 0.25) is 16.0 Å². The molecule has 0 amide bonds. The fourth-order valence-corrected chi connectivity index (χ4v) is 3.79. The van der Waals surface area contributed by atoms with Crippen LogP contribution in [0, 0.1) is 0 Å². The maximum atomic E-state index is 12.8. The van der Waals surface area contributed by atoms with E-state index in [2.05, 4.69) is 15.3 Å². The van der Waals surface area contributed by atoms with Crippen LogP contribution in [-0.2, 0) is 10.0 Å². The zero-order valence-corrected chi connectivity index (χ0v) is 14.7. The number of aliphatic hydroxyl groups excluding tert-OH is 1. The van der Waals surface area contributed by atoms with E-state index in [9.17, 15) is 22.3 Å². The van der Waals surface area contributed by atoms with Crippen molar-refractivity contribution in [3.8, 4) is 0 Å². The highest BCUT2D eigenvalue weighted by Crippen LogP contribution is 2.22. The number of aromatic nitrogens is 2. The van der Waals surface area contributed by atoms with Crippen LogP contribution in [0.3, 0.4) is 0 Å². The molecule has 7 nitrogen and oxygen atoms in total. The number of sulfonamides is 1. The molecule has 26 heavy (non-hydrogen) atoms. The molecule has 0 aliphatic carbocycles. The first kappa shape index (κ1) is 18.9. The summed E-state index contributed by atoms with van der Waals surface area (Å²) in [5.74, 6) is 0.186. The van der Waals surface area contributed by atoms with E-state index in [1.807, 2.05) is 0 Å². The van der Waals surface area contributed by atoms with E-state index in [0.717, 1.165) is 6.26 Å². The van der Waals surface area contributed by atoms with Crippen molar-refractivity contribution in [1.29, 1.82) is 0 Å². The molecule has 1 aromatic heterocycles. The summed E-state index contributed by atoms with van der Waals surface area (Å²) < 4.78 is 50.0. The second kappa shape index (κ2) is 7.05. The standard InChI is InChI=1S/C15H17BF2N4O3S/c1-26(24,25)22-3-2-11(12(23)7-22)20-15-19-6-9-4-8(14(17)18)5-10(16)13(9)21-15/h4-6,11-12,14,23H,2-3,7H2,1H3,(H,19,20,21)/t11-,12-/m1/s1. The first-order valence-electron chi connectivity index (χ1n) is 7.89. The number of piperidine rings is 1. The van der Waals surface area contributed by atoms with Crippen molar-refractivity contribution in [3.63, 3.8) is 0 Å². The highest BCUT2D eigenvalue weighted by Gasteiger charge is 2.32. The molecule has 2 atom stereocenters. The minimum absolute atomic E-state index is 0.0238. The number of nitrogens with one attached hydrogen (secondary N) is 1. The molecule has 3 rings (SSSR count). The topological polar surface area (TPSA) is 95.4 Å². The molecule has 138 valence electrons. The Morgan fingerprint density at radius 1 is 1.42 bits per heavy atom. The second-order valence-electron chi connectivity index (χ2n) is 6.27. The molecule has 0 spiro atoms. The van der Waals surface area contributed by atoms with Crippen LogP contribution >= 0.6 is 0 Å². The van der Waals surface area contributed by atoms with Crippen LogP contribution in [0.4, 0.5) is 14.7 Å². The van der Waals surface area contributed by atoms with Gasteiger partial charge in [-0.15, -0.1) is 0 Å². The third-order valence-corrected chi connectivity index (χ3v) is 5.58. The van der Waals surface area contributed by atoms with Crippen molar-refractivity contribution in [2.24, 2.45) is 0 Å². The summed E-state index contributed by atoms with van der Waals surface area (Å²) in [6.45, 7) is 0.241. The van der Waals surface area contributed by atoms with E-state index >= 15 is 0 Å². The third kappa shape index (κ3) is 3.94. The van der Waals surface area contributed by atoms with Crippen LogP contribution in [-0.4, -0.2) is 67.1 Å². The Kier molecular flexibility index (Phi) is 5.13. The molecule has 0 bridgehead atoms. The van der Waals surface area contributed by atoms with Crippen LogP contribution in [0.25, 0.3) is 10.9 Å². The molecule has 1 fully saturated rings. The molecule has 0 unspecified atom stereocenters. The van der Waals surface area contributed by atoms with Crippen molar-refractivity contribution >= 4 is 40.2 Å². The van der Waals surface area contributed by atoms with E-state index in [0.29, 0.717) is 17.3 Å². The Morgan fingerprint density at radius 2 is 2.15 bits per heavy atom. The SMILES string of the molecule is [B]c1cc(C(F)F)cc2cnc(N[C@@H]3CCN(S(C)(=O)=O)C[C@H]3O)nc12. The van der Waals surface area contributed by atoms with Crippen molar-refractivity contribution in [2.75, 3.05) is 24.7 Å². The van der Waals surface area contributed by atoms with Gasteiger partial charge in [-0.25, -0.2) is 27.2 Å². The lowest BCUT2D eigenvalue weighted by Gasteiger charge is -2.34. The van der Waals surface area contributed by atoms with E-state index in [4.69, 9.17) is 7.85 Å². The van der Waals surface area contributed by atoms with Crippen LogP contribution in [0.5, 0.6) is 0 Å².